The van der Waals surface area contributed by atoms with Gasteiger partial charge in [-0.1, -0.05) is 29.8 Å². The van der Waals surface area contributed by atoms with Crippen LogP contribution < -0.4 is 10.9 Å². The number of carbonyl (C=O) groups is 1. The van der Waals surface area contributed by atoms with E-state index in [0.29, 0.717) is 41.7 Å². The number of hydrogen-bond acceptors (Lipinski definition) is 4. The molecule has 2 aromatic carbocycles. The Morgan fingerprint density at radius 3 is 2.77 bits per heavy atom. The number of hydrogen-bond donors (Lipinski definition) is 1. The molecule has 2 atom stereocenters. The van der Waals surface area contributed by atoms with Gasteiger partial charge in [0.15, 0.2) is 0 Å². The normalized spacial score (nSPS) is 19.8. The van der Waals surface area contributed by atoms with E-state index in [1.165, 1.54) is 12.1 Å². The first-order chi connectivity index (χ1) is 15.0. The van der Waals surface area contributed by atoms with E-state index in [-0.39, 0.29) is 23.2 Å². The Hall–Kier alpha value is -3.03. The third-order valence-corrected chi connectivity index (χ3v) is 6.22. The molecule has 0 saturated carbocycles. The summed E-state index contributed by atoms with van der Waals surface area (Å²) in [6.45, 7) is 2.58. The maximum Gasteiger partial charge on any atom is 0.285 e. The molecule has 1 N–H and O–H groups in total. The molecule has 0 radical (unpaired) electrons. The number of nitrogens with zero attached hydrogens (tertiary/aromatic N) is 3. The summed E-state index contributed by atoms with van der Waals surface area (Å²) in [5.74, 6) is 0.308. The second-order valence-electron chi connectivity index (χ2n) is 8.09. The topological polar surface area (TPSA) is 67.2 Å². The fraction of sp³-hybridized carbons (Fsp3) is 0.261. The van der Waals surface area contributed by atoms with Gasteiger partial charge in [0.2, 0.25) is 0 Å². The first kappa shape index (κ1) is 19.9. The highest BCUT2D eigenvalue weighted by Crippen LogP contribution is 2.38. The van der Waals surface area contributed by atoms with Crippen molar-refractivity contribution in [3.8, 4) is 0 Å². The molecule has 0 unspecified atom stereocenters. The Bertz CT molecular complexity index is 1210. The van der Waals surface area contributed by atoms with Gasteiger partial charge in [-0.15, -0.1) is 0 Å². The maximum absolute atomic E-state index is 14.1. The van der Waals surface area contributed by atoms with E-state index in [9.17, 15) is 14.0 Å². The van der Waals surface area contributed by atoms with Gasteiger partial charge in [-0.25, -0.2) is 4.39 Å². The van der Waals surface area contributed by atoms with Gasteiger partial charge >= 0.3 is 0 Å². The Kier molecular flexibility index (Phi) is 5.08. The highest BCUT2D eigenvalue weighted by Gasteiger charge is 2.41. The van der Waals surface area contributed by atoms with Crippen molar-refractivity contribution in [3.63, 3.8) is 0 Å². The van der Waals surface area contributed by atoms with Crippen molar-refractivity contribution in [2.24, 2.45) is 5.92 Å². The van der Waals surface area contributed by atoms with Crippen molar-refractivity contribution in [1.29, 1.82) is 0 Å². The average Bonchev–Trinajstić information content (AvgIpc) is 3.28. The van der Waals surface area contributed by atoms with Crippen LogP contribution in [-0.4, -0.2) is 33.4 Å². The first-order valence-corrected chi connectivity index (χ1v) is 10.5. The summed E-state index contributed by atoms with van der Waals surface area (Å²) in [6, 6.07) is 13.6. The maximum atomic E-state index is 14.1. The molecule has 0 bridgehead atoms. The quantitative estimate of drug-likeness (QED) is 0.676. The number of aromatic nitrogens is 2. The summed E-state index contributed by atoms with van der Waals surface area (Å²) in [6.07, 6.45) is 1.61. The van der Waals surface area contributed by atoms with Crippen LogP contribution in [0, 0.1) is 11.7 Å². The Labute approximate surface area is 183 Å². The molecule has 1 amide bonds. The van der Waals surface area contributed by atoms with Crippen LogP contribution >= 0.6 is 11.6 Å². The summed E-state index contributed by atoms with van der Waals surface area (Å²) in [5.41, 5.74) is 0.689. The molecular formula is C23H20ClFN4O2. The van der Waals surface area contributed by atoms with Crippen molar-refractivity contribution in [3.05, 3.63) is 92.9 Å². The molecule has 158 valence electrons. The lowest BCUT2D eigenvalue weighted by Crippen LogP contribution is -2.28. The van der Waals surface area contributed by atoms with Gasteiger partial charge in [0.25, 0.3) is 11.5 Å². The van der Waals surface area contributed by atoms with E-state index in [1.807, 2.05) is 22.8 Å². The number of fused-ring (bicyclic) bond motifs is 3. The number of halogens is 2. The second-order valence-corrected chi connectivity index (χ2v) is 8.52. The molecule has 2 aliphatic heterocycles. The zero-order valence-corrected chi connectivity index (χ0v) is 17.3. The molecule has 0 spiro atoms. The Balaban J connectivity index is 1.33. The smallest absolute Gasteiger partial charge is 0.285 e. The molecule has 5 rings (SSSR count). The number of rotatable bonds is 4. The molecule has 3 heterocycles. The van der Waals surface area contributed by atoms with Crippen LogP contribution in [0.25, 0.3) is 0 Å². The number of carbonyl (C=O) groups excluding carboxylic acids is 1. The number of nitrogens with one attached hydrogen (secondary N) is 1. The molecule has 0 aliphatic carbocycles. The van der Waals surface area contributed by atoms with Gasteiger partial charge in [0.1, 0.15) is 17.2 Å². The van der Waals surface area contributed by atoms with E-state index in [0.717, 1.165) is 6.54 Å². The van der Waals surface area contributed by atoms with E-state index < -0.39 is 11.5 Å². The lowest BCUT2D eigenvalue weighted by atomic mass is 9.99. The zero-order chi connectivity index (χ0) is 21.5. The van der Waals surface area contributed by atoms with Crippen molar-refractivity contribution in [2.75, 3.05) is 18.4 Å². The van der Waals surface area contributed by atoms with E-state index in [1.54, 1.807) is 24.4 Å². The molecule has 8 heteroatoms. The highest BCUT2D eigenvalue weighted by molar-refractivity contribution is 6.30. The minimum Gasteiger partial charge on any atom is -0.335 e. The first-order valence-electron chi connectivity index (χ1n) is 10.1. The fourth-order valence-electron chi connectivity index (χ4n) is 4.55. The summed E-state index contributed by atoms with van der Waals surface area (Å²) >= 11 is 6.01. The van der Waals surface area contributed by atoms with Gasteiger partial charge in [-0.05, 0) is 30.3 Å². The van der Waals surface area contributed by atoms with Gasteiger partial charge in [-0.2, -0.15) is 4.98 Å². The Morgan fingerprint density at radius 2 is 1.97 bits per heavy atom. The molecule has 6 nitrogen and oxygen atoms in total. The van der Waals surface area contributed by atoms with Crippen molar-refractivity contribution >= 4 is 23.2 Å². The van der Waals surface area contributed by atoms with Crippen molar-refractivity contribution in [1.82, 2.24) is 14.5 Å². The largest absolute Gasteiger partial charge is 0.335 e. The second kappa shape index (κ2) is 7.90. The number of para-hydroxylation sites is 1. The van der Waals surface area contributed by atoms with E-state index in [2.05, 4.69) is 15.2 Å². The summed E-state index contributed by atoms with van der Waals surface area (Å²) < 4.78 is 16.0. The Morgan fingerprint density at radius 1 is 1.16 bits per heavy atom. The standard InChI is InChI=1S/C23H20ClFN4O2/c24-16-6-7-20(25)14(8-16)9-28-10-15-11-29-13-19(23(31)27-21(29)18(15)12-28)22(30)26-17-4-2-1-3-5-17/h1-8,13,15,18H,9-12H2,(H,26,30)/t15-,18+/m0/s1. The van der Waals surface area contributed by atoms with Crippen LogP contribution in [-0.2, 0) is 13.1 Å². The molecule has 2 aliphatic rings. The monoisotopic (exact) mass is 438 g/mol. The summed E-state index contributed by atoms with van der Waals surface area (Å²) in [4.78, 5) is 31.6. The summed E-state index contributed by atoms with van der Waals surface area (Å²) in [7, 11) is 0. The van der Waals surface area contributed by atoms with Crippen LogP contribution in [0.15, 0.2) is 59.5 Å². The van der Waals surface area contributed by atoms with Crippen LogP contribution in [0.1, 0.15) is 27.7 Å². The van der Waals surface area contributed by atoms with E-state index >= 15 is 0 Å². The lowest BCUT2D eigenvalue weighted by molar-refractivity contribution is 0.102. The number of benzene rings is 2. The molecular weight excluding hydrogens is 419 g/mol. The molecule has 31 heavy (non-hydrogen) atoms. The predicted octanol–water partition coefficient (Wildman–Crippen LogP) is 3.52. The van der Waals surface area contributed by atoms with Gasteiger partial charge in [0, 0.05) is 60.5 Å². The third kappa shape index (κ3) is 3.86. The number of amides is 1. The molecule has 3 aromatic rings. The van der Waals surface area contributed by atoms with Crippen LogP contribution in [0.2, 0.25) is 5.02 Å². The van der Waals surface area contributed by atoms with Crippen LogP contribution in [0.5, 0.6) is 0 Å². The van der Waals surface area contributed by atoms with Crippen LogP contribution in [0.4, 0.5) is 10.1 Å². The molecule has 1 saturated heterocycles. The van der Waals surface area contributed by atoms with Gasteiger partial charge in [-0.3, -0.25) is 14.5 Å². The number of likely N-dealkylation sites (tertiary alicyclic amines) is 1. The van der Waals surface area contributed by atoms with Crippen molar-refractivity contribution < 1.29 is 9.18 Å². The third-order valence-electron chi connectivity index (χ3n) is 5.98. The molecule has 1 aromatic heterocycles. The van der Waals surface area contributed by atoms with Gasteiger partial charge in [0.05, 0.1) is 0 Å². The lowest BCUT2D eigenvalue weighted by Gasteiger charge is -2.18. The van der Waals surface area contributed by atoms with E-state index in [4.69, 9.17) is 11.6 Å². The SMILES string of the molecule is O=C(Nc1ccccc1)c1cn2c(nc1=O)[C@@H]1CN(Cc3cc(Cl)ccc3F)C[C@H]1C2. The van der Waals surface area contributed by atoms with Crippen molar-refractivity contribution in [2.45, 2.75) is 19.0 Å². The predicted molar refractivity (Wildman–Crippen MR) is 116 cm³/mol. The average molecular weight is 439 g/mol. The molecule has 1 fully saturated rings. The fourth-order valence-corrected chi connectivity index (χ4v) is 4.74. The zero-order valence-electron chi connectivity index (χ0n) is 16.6. The number of anilines is 1. The van der Waals surface area contributed by atoms with Crippen LogP contribution in [0.3, 0.4) is 0 Å². The minimum absolute atomic E-state index is 0.0328. The minimum atomic E-state index is -0.528. The summed E-state index contributed by atoms with van der Waals surface area (Å²) in [5, 5.41) is 3.25. The highest BCUT2D eigenvalue weighted by atomic mass is 35.5. The van der Waals surface area contributed by atoms with Gasteiger partial charge < -0.3 is 9.88 Å².